The van der Waals surface area contributed by atoms with E-state index < -0.39 is 11.5 Å². The average Bonchev–Trinajstić information content (AvgIpc) is 2.61. The maximum atomic E-state index is 13.1. The van der Waals surface area contributed by atoms with Crippen molar-refractivity contribution in [2.24, 2.45) is 0 Å². The Hall–Kier alpha value is -2.27. The van der Waals surface area contributed by atoms with Gasteiger partial charge in [-0.15, -0.1) is 0 Å². The van der Waals surface area contributed by atoms with Gasteiger partial charge >= 0.3 is 5.97 Å². The van der Waals surface area contributed by atoms with Crippen LogP contribution >= 0.6 is 11.8 Å². The number of aliphatic carboxylic acids is 1. The average molecular weight is 343 g/mol. The number of carbonyl (C=O) groups excluding carboxylic acids is 1. The number of hydrogen-bond acceptors (Lipinski definition) is 3. The molecule has 5 heteroatoms. The van der Waals surface area contributed by atoms with Gasteiger partial charge in [0.1, 0.15) is 5.54 Å². The van der Waals surface area contributed by atoms with Gasteiger partial charge in [-0.1, -0.05) is 36.4 Å². The second-order valence-corrected chi connectivity index (χ2v) is 6.65. The number of amides is 1. The fourth-order valence-electron chi connectivity index (χ4n) is 2.53. The number of thioether (sulfide) groups is 1. The van der Waals surface area contributed by atoms with Crippen LogP contribution in [0, 0.1) is 0 Å². The minimum absolute atomic E-state index is 0.312. The lowest BCUT2D eigenvalue weighted by atomic mass is 9.94. The Bertz CT molecular complexity index is 690. The molecule has 4 nitrogen and oxygen atoms in total. The molecule has 0 radical (unpaired) electrons. The van der Waals surface area contributed by atoms with E-state index in [0.717, 1.165) is 0 Å². The van der Waals surface area contributed by atoms with Crippen molar-refractivity contribution in [2.75, 3.05) is 16.9 Å². The SMILES string of the molecule is CSCC[C@@](C)(C(=O)O)N(C(=O)c1ccccc1)c1ccccc1. The van der Waals surface area contributed by atoms with E-state index in [1.54, 1.807) is 67.2 Å². The Kier molecular flexibility index (Phi) is 6.04. The summed E-state index contributed by atoms with van der Waals surface area (Å²) in [6.45, 7) is 1.61. The molecule has 0 unspecified atom stereocenters. The zero-order chi connectivity index (χ0) is 17.6. The van der Waals surface area contributed by atoms with Crippen molar-refractivity contribution in [1.29, 1.82) is 0 Å². The number of anilines is 1. The zero-order valence-electron chi connectivity index (χ0n) is 13.8. The molecule has 0 saturated heterocycles. The highest BCUT2D eigenvalue weighted by Crippen LogP contribution is 2.30. The van der Waals surface area contributed by atoms with Crippen LogP contribution in [0.5, 0.6) is 0 Å². The van der Waals surface area contributed by atoms with Gasteiger partial charge in [0.2, 0.25) is 0 Å². The lowest BCUT2D eigenvalue weighted by Gasteiger charge is -2.38. The van der Waals surface area contributed by atoms with Crippen LogP contribution in [0.1, 0.15) is 23.7 Å². The molecule has 0 heterocycles. The van der Waals surface area contributed by atoms with Gasteiger partial charge < -0.3 is 5.11 Å². The van der Waals surface area contributed by atoms with E-state index in [4.69, 9.17) is 0 Å². The van der Waals surface area contributed by atoms with Crippen molar-refractivity contribution in [3.63, 3.8) is 0 Å². The summed E-state index contributed by atoms with van der Waals surface area (Å²) in [6, 6.07) is 17.8. The van der Waals surface area contributed by atoms with E-state index in [1.165, 1.54) is 4.90 Å². The highest BCUT2D eigenvalue weighted by Gasteiger charge is 2.43. The number of carboxylic acids is 1. The van der Waals surface area contributed by atoms with Gasteiger partial charge in [-0.2, -0.15) is 11.8 Å². The quantitative estimate of drug-likeness (QED) is 0.827. The highest BCUT2D eigenvalue weighted by molar-refractivity contribution is 7.98. The Morgan fingerprint density at radius 1 is 1.04 bits per heavy atom. The van der Waals surface area contributed by atoms with Crippen LogP contribution in [0.3, 0.4) is 0 Å². The van der Waals surface area contributed by atoms with Crippen LogP contribution in [0.25, 0.3) is 0 Å². The molecule has 126 valence electrons. The van der Waals surface area contributed by atoms with E-state index in [9.17, 15) is 14.7 Å². The second kappa shape index (κ2) is 8.02. The normalized spacial score (nSPS) is 13.1. The molecule has 2 rings (SSSR count). The summed E-state index contributed by atoms with van der Waals surface area (Å²) in [6.07, 6.45) is 2.28. The van der Waals surface area contributed by atoms with E-state index >= 15 is 0 Å². The van der Waals surface area contributed by atoms with Crippen LogP contribution in [-0.4, -0.2) is 34.5 Å². The lowest BCUT2D eigenvalue weighted by molar-refractivity contribution is -0.142. The molecule has 2 aromatic rings. The molecular weight excluding hydrogens is 322 g/mol. The summed E-state index contributed by atoms with van der Waals surface area (Å²) in [5, 5.41) is 9.88. The maximum Gasteiger partial charge on any atom is 0.329 e. The number of nitrogens with zero attached hydrogens (tertiary/aromatic N) is 1. The lowest BCUT2D eigenvalue weighted by Crippen LogP contribution is -2.56. The van der Waals surface area contributed by atoms with E-state index in [-0.39, 0.29) is 5.91 Å². The molecule has 1 amide bonds. The van der Waals surface area contributed by atoms with E-state index in [1.807, 2.05) is 18.4 Å². The fourth-order valence-corrected chi connectivity index (χ4v) is 3.13. The predicted octanol–water partition coefficient (Wildman–Crippen LogP) is 3.93. The molecule has 0 bridgehead atoms. The maximum absolute atomic E-state index is 13.1. The number of rotatable bonds is 7. The summed E-state index contributed by atoms with van der Waals surface area (Å²) in [7, 11) is 0. The van der Waals surface area contributed by atoms with Gasteiger partial charge in [-0.3, -0.25) is 9.69 Å². The first-order valence-corrected chi connectivity index (χ1v) is 9.07. The third-order valence-electron chi connectivity index (χ3n) is 3.99. The number of benzene rings is 2. The number of para-hydroxylation sites is 1. The summed E-state index contributed by atoms with van der Waals surface area (Å²) >= 11 is 1.56. The van der Waals surface area contributed by atoms with Crippen molar-refractivity contribution in [1.82, 2.24) is 0 Å². The van der Waals surface area contributed by atoms with Gasteiger partial charge in [-0.25, -0.2) is 4.79 Å². The molecule has 0 aliphatic rings. The Labute approximate surface area is 146 Å². The zero-order valence-corrected chi connectivity index (χ0v) is 14.6. The summed E-state index contributed by atoms with van der Waals surface area (Å²) < 4.78 is 0. The fraction of sp³-hybridized carbons (Fsp3) is 0.263. The molecule has 0 spiro atoms. The van der Waals surface area contributed by atoms with E-state index in [0.29, 0.717) is 23.4 Å². The highest BCUT2D eigenvalue weighted by atomic mass is 32.2. The van der Waals surface area contributed by atoms with Crippen LogP contribution < -0.4 is 4.90 Å². The molecule has 0 aliphatic carbocycles. The van der Waals surface area contributed by atoms with Gasteiger partial charge in [0.25, 0.3) is 5.91 Å². The molecule has 0 fully saturated rings. The van der Waals surface area contributed by atoms with Gasteiger partial charge in [0.15, 0.2) is 0 Å². The smallest absolute Gasteiger partial charge is 0.329 e. The third-order valence-corrected chi connectivity index (χ3v) is 4.60. The summed E-state index contributed by atoms with van der Waals surface area (Å²) in [5.41, 5.74) is -0.271. The first-order valence-electron chi connectivity index (χ1n) is 7.67. The number of hydrogen-bond donors (Lipinski definition) is 1. The van der Waals surface area contributed by atoms with Crippen molar-refractivity contribution in [3.05, 3.63) is 66.2 Å². The third kappa shape index (κ3) is 3.79. The first kappa shape index (κ1) is 18.1. The summed E-state index contributed by atoms with van der Waals surface area (Å²) in [4.78, 5) is 26.6. The van der Waals surface area contributed by atoms with Gasteiger partial charge in [0, 0.05) is 11.3 Å². The predicted molar refractivity (Wildman–Crippen MR) is 98.7 cm³/mol. The number of carbonyl (C=O) groups is 2. The summed E-state index contributed by atoms with van der Waals surface area (Å²) in [5.74, 6) is -0.675. The minimum Gasteiger partial charge on any atom is -0.479 e. The second-order valence-electron chi connectivity index (χ2n) is 5.66. The first-order chi connectivity index (χ1) is 11.5. The molecule has 24 heavy (non-hydrogen) atoms. The van der Waals surface area contributed by atoms with Gasteiger partial charge in [0.05, 0.1) is 0 Å². The standard InChI is InChI=1S/C19H21NO3S/c1-19(18(22)23,13-14-24-2)20(16-11-7-4-8-12-16)17(21)15-9-5-3-6-10-15/h3-12H,13-14H2,1-2H3,(H,22,23)/t19-/m0/s1. The molecule has 0 saturated carbocycles. The molecule has 0 aromatic heterocycles. The topological polar surface area (TPSA) is 57.6 Å². The van der Waals surface area contributed by atoms with Crippen molar-refractivity contribution >= 4 is 29.3 Å². The van der Waals surface area contributed by atoms with Crippen molar-refractivity contribution in [3.8, 4) is 0 Å². The molecule has 2 aromatic carbocycles. The largest absolute Gasteiger partial charge is 0.479 e. The number of carboxylic acid groups (broad SMARTS) is 1. The Balaban J connectivity index is 2.54. The van der Waals surface area contributed by atoms with E-state index in [2.05, 4.69) is 0 Å². The Morgan fingerprint density at radius 2 is 1.58 bits per heavy atom. The van der Waals surface area contributed by atoms with Gasteiger partial charge in [-0.05, 0) is 49.6 Å². The van der Waals surface area contributed by atoms with Crippen LogP contribution in [0.2, 0.25) is 0 Å². The van der Waals surface area contributed by atoms with Crippen LogP contribution in [0.4, 0.5) is 5.69 Å². The molecular formula is C19H21NO3S. The van der Waals surface area contributed by atoms with Crippen molar-refractivity contribution in [2.45, 2.75) is 18.9 Å². The van der Waals surface area contributed by atoms with Crippen molar-refractivity contribution < 1.29 is 14.7 Å². The Morgan fingerprint density at radius 3 is 2.08 bits per heavy atom. The molecule has 0 aliphatic heterocycles. The monoisotopic (exact) mass is 343 g/mol. The molecule has 1 N–H and O–H groups in total. The minimum atomic E-state index is -1.32. The molecule has 1 atom stereocenters. The van der Waals surface area contributed by atoms with Crippen LogP contribution in [-0.2, 0) is 4.79 Å². The van der Waals surface area contributed by atoms with Crippen LogP contribution in [0.15, 0.2) is 60.7 Å².